The Balaban J connectivity index is 1.96. The summed E-state index contributed by atoms with van der Waals surface area (Å²) in [6, 6.07) is 12.3. The van der Waals surface area contributed by atoms with Gasteiger partial charge < -0.3 is 15.6 Å². The number of benzene rings is 2. The van der Waals surface area contributed by atoms with Crippen LogP contribution in [-0.2, 0) is 10.0 Å². The summed E-state index contributed by atoms with van der Waals surface area (Å²) < 4.78 is 34.4. The van der Waals surface area contributed by atoms with Crippen LogP contribution in [0.5, 0.6) is 5.88 Å². The van der Waals surface area contributed by atoms with E-state index in [0.717, 1.165) is 35.6 Å². The topological polar surface area (TPSA) is 144 Å². The van der Waals surface area contributed by atoms with Gasteiger partial charge in [-0.1, -0.05) is 45.0 Å². The molecule has 9 nitrogen and oxygen atoms in total. The van der Waals surface area contributed by atoms with Crippen molar-refractivity contribution in [2.24, 2.45) is 11.1 Å². The SMILES string of the molecule is Cc1cccc(C)c1-c1cc(OCC(N)CCC(C)(C)C)nc(NS(=O)(=O)c2cccc(C(=O)O)c2)n1. The standard InChI is InChI=1S/C27H34N4O5S/c1-17-8-6-9-18(2)24(17)22-15-23(36-16-20(28)12-13-27(3,4)5)30-26(29-22)31-37(34,35)21-11-7-10-19(14-21)25(32)33/h6-11,14-15,20H,12-13,16,28H2,1-5H3,(H,32,33)(H,29,30,31). The molecular weight excluding hydrogens is 492 g/mol. The molecule has 0 aliphatic carbocycles. The van der Waals surface area contributed by atoms with Crippen LogP contribution in [0.1, 0.15) is 55.1 Å². The molecule has 0 amide bonds. The first-order valence-electron chi connectivity index (χ1n) is 12.0. The maximum Gasteiger partial charge on any atom is 0.335 e. The minimum atomic E-state index is -4.18. The number of nitrogens with zero attached hydrogens (tertiary/aromatic N) is 2. The van der Waals surface area contributed by atoms with Crippen molar-refractivity contribution in [3.63, 3.8) is 0 Å². The number of hydrogen-bond donors (Lipinski definition) is 3. The molecule has 1 atom stereocenters. The lowest BCUT2D eigenvalue weighted by molar-refractivity contribution is 0.0696. The first-order chi connectivity index (χ1) is 17.2. The third kappa shape index (κ3) is 7.74. The van der Waals surface area contributed by atoms with Gasteiger partial charge in [-0.25, -0.2) is 22.9 Å². The Morgan fingerprint density at radius 3 is 2.35 bits per heavy atom. The number of aromatic nitrogens is 2. The highest BCUT2D eigenvalue weighted by Gasteiger charge is 2.20. The molecule has 198 valence electrons. The molecule has 0 saturated heterocycles. The van der Waals surface area contributed by atoms with Crippen molar-refractivity contribution in [2.45, 2.75) is 58.4 Å². The van der Waals surface area contributed by atoms with Crippen LogP contribution in [0.4, 0.5) is 5.95 Å². The van der Waals surface area contributed by atoms with E-state index in [9.17, 15) is 18.3 Å². The second-order valence-electron chi connectivity index (χ2n) is 10.3. The Morgan fingerprint density at radius 1 is 1.08 bits per heavy atom. The zero-order valence-corrected chi connectivity index (χ0v) is 22.6. The number of nitrogens with two attached hydrogens (primary N) is 1. The van der Waals surface area contributed by atoms with E-state index in [-0.39, 0.29) is 40.4 Å². The van der Waals surface area contributed by atoms with Gasteiger partial charge in [0.1, 0.15) is 6.61 Å². The van der Waals surface area contributed by atoms with Crippen LogP contribution >= 0.6 is 0 Å². The van der Waals surface area contributed by atoms with E-state index in [0.29, 0.717) is 5.69 Å². The van der Waals surface area contributed by atoms with E-state index in [4.69, 9.17) is 10.5 Å². The summed E-state index contributed by atoms with van der Waals surface area (Å²) in [7, 11) is -4.18. The summed E-state index contributed by atoms with van der Waals surface area (Å²) in [5, 5.41) is 9.24. The van der Waals surface area contributed by atoms with Gasteiger partial charge in [0.15, 0.2) is 0 Å². The summed E-state index contributed by atoms with van der Waals surface area (Å²) >= 11 is 0. The Hall–Kier alpha value is -3.50. The third-order valence-electron chi connectivity index (χ3n) is 5.77. The van der Waals surface area contributed by atoms with E-state index in [2.05, 4.69) is 35.5 Å². The summed E-state index contributed by atoms with van der Waals surface area (Å²) in [5.74, 6) is -1.25. The lowest BCUT2D eigenvalue weighted by Crippen LogP contribution is -2.29. The van der Waals surface area contributed by atoms with Gasteiger partial charge in [-0.05, 0) is 61.4 Å². The number of carboxylic acids is 1. The molecule has 4 N–H and O–H groups in total. The number of carbonyl (C=O) groups is 1. The van der Waals surface area contributed by atoms with Crippen LogP contribution in [0.2, 0.25) is 0 Å². The highest BCUT2D eigenvalue weighted by Crippen LogP contribution is 2.29. The smallest absolute Gasteiger partial charge is 0.335 e. The maximum absolute atomic E-state index is 13.1. The number of rotatable bonds is 10. The summed E-state index contributed by atoms with van der Waals surface area (Å²) in [6.07, 6.45) is 1.69. The minimum absolute atomic E-state index is 0.144. The first-order valence-corrected chi connectivity index (χ1v) is 13.4. The molecule has 1 unspecified atom stereocenters. The van der Waals surface area contributed by atoms with Gasteiger partial charge in [-0.3, -0.25) is 0 Å². The molecule has 3 aromatic rings. The Morgan fingerprint density at radius 2 is 1.73 bits per heavy atom. The molecule has 37 heavy (non-hydrogen) atoms. The molecule has 0 aliphatic heterocycles. The number of sulfonamides is 1. The lowest BCUT2D eigenvalue weighted by atomic mass is 9.89. The van der Waals surface area contributed by atoms with Crippen molar-refractivity contribution in [1.29, 1.82) is 0 Å². The molecule has 2 aromatic carbocycles. The number of hydrogen-bond acceptors (Lipinski definition) is 7. The van der Waals surface area contributed by atoms with Crippen LogP contribution in [0, 0.1) is 19.3 Å². The third-order valence-corrected chi connectivity index (χ3v) is 7.09. The van der Waals surface area contributed by atoms with Gasteiger partial charge >= 0.3 is 5.97 Å². The van der Waals surface area contributed by atoms with Crippen molar-refractivity contribution in [3.05, 3.63) is 65.2 Å². The predicted octanol–water partition coefficient (Wildman–Crippen LogP) is 4.79. The first kappa shape index (κ1) is 28.1. The van der Waals surface area contributed by atoms with Crippen molar-refractivity contribution in [3.8, 4) is 17.1 Å². The number of aryl methyl sites for hydroxylation is 2. The van der Waals surface area contributed by atoms with Gasteiger partial charge in [-0.2, -0.15) is 4.98 Å². The normalized spacial score (nSPS) is 12.7. The lowest BCUT2D eigenvalue weighted by Gasteiger charge is -2.21. The fraction of sp³-hybridized carbons (Fsp3) is 0.370. The van der Waals surface area contributed by atoms with Crippen LogP contribution in [0.3, 0.4) is 0 Å². The highest BCUT2D eigenvalue weighted by atomic mass is 32.2. The molecule has 10 heteroatoms. The fourth-order valence-electron chi connectivity index (χ4n) is 3.76. The molecule has 3 rings (SSSR count). The number of aromatic carboxylic acids is 1. The van der Waals surface area contributed by atoms with Gasteiger partial charge in [0.2, 0.25) is 11.8 Å². The number of anilines is 1. The molecule has 0 radical (unpaired) electrons. The second-order valence-corrected chi connectivity index (χ2v) is 12.0. The van der Waals surface area contributed by atoms with Crippen LogP contribution < -0.4 is 15.2 Å². The minimum Gasteiger partial charge on any atom is -0.478 e. The Kier molecular flexibility index (Phi) is 8.55. The number of carboxylic acid groups (broad SMARTS) is 1. The van der Waals surface area contributed by atoms with Crippen molar-refractivity contribution >= 4 is 21.9 Å². The summed E-state index contributed by atoms with van der Waals surface area (Å²) in [4.78, 5) is 19.8. The van der Waals surface area contributed by atoms with Crippen molar-refractivity contribution in [2.75, 3.05) is 11.3 Å². The highest BCUT2D eigenvalue weighted by molar-refractivity contribution is 7.92. The van der Waals surface area contributed by atoms with E-state index < -0.39 is 16.0 Å². The van der Waals surface area contributed by atoms with Gasteiger partial charge in [0, 0.05) is 17.7 Å². The van der Waals surface area contributed by atoms with E-state index >= 15 is 0 Å². The van der Waals surface area contributed by atoms with Crippen LogP contribution in [-0.4, -0.2) is 42.1 Å². The summed E-state index contributed by atoms with van der Waals surface area (Å²) in [6.45, 7) is 10.5. The molecule has 0 bridgehead atoms. The Bertz CT molecular complexity index is 1360. The Labute approximate surface area is 218 Å². The number of nitrogens with one attached hydrogen (secondary N) is 1. The van der Waals surface area contributed by atoms with Crippen LogP contribution in [0.15, 0.2) is 53.4 Å². The fourth-order valence-corrected chi connectivity index (χ4v) is 4.75. The molecule has 1 aromatic heterocycles. The van der Waals surface area contributed by atoms with E-state index in [1.54, 1.807) is 6.07 Å². The molecule has 0 saturated carbocycles. The van der Waals surface area contributed by atoms with Gasteiger partial charge in [0.05, 0.1) is 16.2 Å². The zero-order valence-electron chi connectivity index (χ0n) is 21.8. The molecular formula is C27H34N4O5S. The van der Waals surface area contributed by atoms with Gasteiger partial charge in [-0.15, -0.1) is 0 Å². The van der Waals surface area contributed by atoms with Crippen molar-refractivity contribution < 1.29 is 23.1 Å². The largest absolute Gasteiger partial charge is 0.478 e. The van der Waals surface area contributed by atoms with E-state index in [1.807, 2.05) is 32.0 Å². The van der Waals surface area contributed by atoms with Crippen molar-refractivity contribution in [1.82, 2.24) is 9.97 Å². The molecule has 0 fully saturated rings. The van der Waals surface area contributed by atoms with Crippen LogP contribution in [0.25, 0.3) is 11.3 Å². The summed E-state index contributed by atoms with van der Waals surface area (Å²) in [5.41, 5.74) is 9.47. The zero-order chi connectivity index (χ0) is 27.4. The monoisotopic (exact) mass is 526 g/mol. The second kappa shape index (κ2) is 11.3. The quantitative estimate of drug-likeness (QED) is 0.342. The molecule has 1 heterocycles. The number of ether oxygens (including phenoxy) is 1. The maximum atomic E-state index is 13.1. The molecule has 0 aliphatic rings. The predicted molar refractivity (Wildman–Crippen MR) is 143 cm³/mol. The molecule has 0 spiro atoms. The average Bonchev–Trinajstić information content (AvgIpc) is 2.80. The van der Waals surface area contributed by atoms with Gasteiger partial charge in [0.25, 0.3) is 10.0 Å². The average molecular weight is 527 g/mol. The van der Waals surface area contributed by atoms with E-state index in [1.165, 1.54) is 18.2 Å².